The summed E-state index contributed by atoms with van der Waals surface area (Å²) in [4.78, 5) is 38.4. The molecule has 0 spiro atoms. The second-order valence-electron chi connectivity index (χ2n) is 7.92. The maximum absolute atomic E-state index is 12.5. The van der Waals surface area contributed by atoms with E-state index in [0.29, 0.717) is 13.2 Å². The molecule has 0 fully saturated rings. The van der Waals surface area contributed by atoms with Gasteiger partial charge < -0.3 is 19.7 Å². The van der Waals surface area contributed by atoms with E-state index in [1.54, 1.807) is 27.9 Å². The van der Waals surface area contributed by atoms with Crippen LogP contribution in [0.3, 0.4) is 0 Å². The van der Waals surface area contributed by atoms with E-state index in [2.05, 4.69) is 10.4 Å². The molecule has 0 unspecified atom stereocenters. The molecule has 168 valence electrons. The standard InChI is InChI=1S/C22H30N4O5/c1-22(2,3)31-21(29)25(14-15-30-4)13-12-23-20(28)18-10-11-19(27)26(24-18)16-17-8-6-5-7-9-17/h5-11H,12-16H2,1-4H3,(H,23,28). The van der Waals surface area contributed by atoms with Crippen molar-refractivity contribution in [3.63, 3.8) is 0 Å². The van der Waals surface area contributed by atoms with E-state index in [4.69, 9.17) is 9.47 Å². The number of methoxy groups -OCH3 is 1. The van der Waals surface area contributed by atoms with Gasteiger partial charge in [-0.3, -0.25) is 9.59 Å². The molecule has 0 aliphatic heterocycles. The SMILES string of the molecule is COCCN(CCNC(=O)c1ccc(=O)n(Cc2ccccc2)n1)C(=O)OC(C)(C)C. The highest BCUT2D eigenvalue weighted by atomic mass is 16.6. The first-order chi connectivity index (χ1) is 14.7. The van der Waals surface area contributed by atoms with E-state index in [1.807, 2.05) is 30.3 Å². The number of amides is 2. The molecule has 0 saturated heterocycles. The predicted molar refractivity (Wildman–Crippen MR) is 116 cm³/mol. The lowest BCUT2D eigenvalue weighted by molar-refractivity contribution is 0.0203. The Bertz CT molecular complexity index is 921. The number of hydrogen-bond acceptors (Lipinski definition) is 6. The van der Waals surface area contributed by atoms with Crippen LogP contribution in [0.5, 0.6) is 0 Å². The topological polar surface area (TPSA) is 103 Å². The van der Waals surface area contributed by atoms with E-state index in [1.165, 1.54) is 21.7 Å². The fourth-order valence-electron chi connectivity index (χ4n) is 2.66. The molecule has 0 aliphatic carbocycles. The number of ether oxygens (including phenoxy) is 2. The molecule has 0 atom stereocenters. The molecule has 1 aromatic carbocycles. The Labute approximate surface area is 182 Å². The average molecular weight is 431 g/mol. The Morgan fingerprint density at radius 3 is 2.45 bits per heavy atom. The third kappa shape index (κ3) is 8.21. The van der Waals surface area contributed by atoms with Crippen molar-refractivity contribution in [2.45, 2.75) is 32.9 Å². The predicted octanol–water partition coefficient (Wildman–Crippen LogP) is 1.90. The van der Waals surface area contributed by atoms with Crippen molar-refractivity contribution in [1.29, 1.82) is 0 Å². The summed E-state index contributed by atoms with van der Waals surface area (Å²) in [6, 6.07) is 12.1. The fraction of sp³-hybridized carbons (Fsp3) is 0.455. The lowest BCUT2D eigenvalue weighted by Crippen LogP contribution is -2.43. The summed E-state index contributed by atoms with van der Waals surface area (Å²) in [6.45, 7) is 6.76. The maximum Gasteiger partial charge on any atom is 0.410 e. The largest absolute Gasteiger partial charge is 0.444 e. The molecule has 2 amide bonds. The molecule has 2 aromatic rings. The zero-order valence-electron chi connectivity index (χ0n) is 18.5. The van der Waals surface area contributed by atoms with Crippen LogP contribution in [0, 0.1) is 0 Å². The molecule has 1 aromatic heterocycles. The van der Waals surface area contributed by atoms with Crippen LogP contribution in [0.1, 0.15) is 36.8 Å². The third-order valence-electron chi connectivity index (χ3n) is 4.16. The van der Waals surface area contributed by atoms with Crippen LogP contribution in [0.4, 0.5) is 4.79 Å². The molecule has 0 bridgehead atoms. The summed E-state index contributed by atoms with van der Waals surface area (Å²) in [5, 5.41) is 6.89. The van der Waals surface area contributed by atoms with Gasteiger partial charge in [0.05, 0.1) is 13.2 Å². The summed E-state index contributed by atoms with van der Waals surface area (Å²) in [5.41, 5.74) is 0.107. The minimum atomic E-state index is -0.623. The van der Waals surface area contributed by atoms with Gasteiger partial charge in [-0.15, -0.1) is 0 Å². The van der Waals surface area contributed by atoms with Gasteiger partial charge in [0.15, 0.2) is 0 Å². The minimum absolute atomic E-state index is 0.122. The van der Waals surface area contributed by atoms with Crippen LogP contribution in [0.15, 0.2) is 47.3 Å². The molecular formula is C22H30N4O5. The van der Waals surface area contributed by atoms with Gasteiger partial charge in [-0.1, -0.05) is 30.3 Å². The molecule has 0 aliphatic rings. The quantitative estimate of drug-likeness (QED) is 0.652. The molecule has 0 radical (unpaired) electrons. The van der Waals surface area contributed by atoms with Crippen LogP contribution in [0.25, 0.3) is 0 Å². The number of carbonyl (C=O) groups is 2. The lowest BCUT2D eigenvalue weighted by atomic mass is 10.2. The number of benzene rings is 1. The first kappa shape index (κ1) is 24.1. The molecular weight excluding hydrogens is 400 g/mol. The number of nitrogens with one attached hydrogen (secondary N) is 1. The molecule has 9 nitrogen and oxygen atoms in total. The first-order valence-corrected chi connectivity index (χ1v) is 10.1. The highest BCUT2D eigenvalue weighted by molar-refractivity contribution is 5.92. The van der Waals surface area contributed by atoms with Gasteiger partial charge >= 0.3 is 6.09 Å². The summed E-state index contributed by atoms with van der Waals surface area (Å²) in [7, 11) is 1.55. The van der Waals surface area contributed by atoms with Gasteiger partial charge in [-0.25, -0.2) is 9.48 Å². The van der Waals surface area contributed by atoms with Crippen molar-refractivity contribution >= 4 is 12.0 Å². The van der Waals surface area contributed by atoms with Crippen LogP contribution in [-0.2, 0) is 16.0 Å². The van der Waals surface area contributed by atoms with Crippen molar-refractivity contribution in [3.8, 4) is 0 Å². The maximum atomic E-state index is 12.5. The Hall–Kier alpha value is -3.20. The molecule has 1 heterocycles. The van der Waals surface area contributed by atoms with Crippen LogP contribution in [0.2, 0.25) is 0 Å². The number of aromatic nitrogens is 2. The van der Waals surface area contributed by atoms with Crippen molar-refractivity contribution in [2.75, 3.05) is 33.4 Å². The molecule has 1 N–H and O–H groups in total. The summed E-state index contributed by atoms with van der Waals surface area (Å²) in [6.07, 6.45) is -0.478. The first-order valence-electron chi connectivity index (χ1n) is 10.1. The van der Waals surface area contributed by atoms with E-state index < -0.39 is 17.6 Å². The number of carbonyl (C=O) groups excluding carboxylic acids is 2. The van der Waals surface area contributed by atoms with Crippen molar-refractivity contribution in [3.05, 3.63) is 64.1 Å². The van der Waals surface area contributed by atoms with Crippen molar-refractivity contribution in [2.24, 2.45) is 0 Å². The third-order valence-corrected chi connectivity index (χ3v) is 4.16. The fourth-order valence-corrected chi connectivity index (χ4v) is 2.66. The molecule has 2 rings (SSSR count). The van der Waals surface area contributed by atoms with Crippen molar-refractivity contribution in [1.82, 2.24) is 20.0 Å². The Kier molecular flexibility index (Phi) is 8.75. The van der Waals surface area contributed by atoms with E-state index >= 15 is 0 Å². The molecule has 31 heavy (non-hydrogen) atoms. The highest BCUT2D eigenvalue weighted by Crippen LogP contribution is 2.09. The van der Waals surface area contributed by atoms with Crippen LogP contribution in [-0.4, -0.2) is 65.6 Å². The average Bonchev–Trinajstić information content (AvgIpc) is 2.71. The van der Waals surface area contributed by atoms with E-state index in [9.17, 15) is 14.4 Å². The normalized spacial score (nSPS) is 11.1. The monoisotopic (exact) mass is 430 g/mol. The smallest absolute Gasteiger partial charge is 0.410 e. The highest BCUT2D eigenvalue weighted by Gasteiger charge is 2.22. The Balaban J connectivity index is 1.98. The summed E-state index contributed by atoms with van der Waals surface area (Å²) < 4.78 is 11.7. The van der Waals surface area contributed by atoms with Crippen LogP contribution >= 0.6 is 0 Å². The molecule has 9 heteroatoms. The van der Waals surface area contributed by atoms with Gasteiger partial charge in [0, 0.05) is 32.8 Å². The minimum Gasteiger partial charge on any atom is -0.444 e. The van der Waals surface area contributed by atoms with E-state index in [0.717, 1.165) is 5.56 Å². The van der Waals surface area contributed by atoms with Gasteiger partial charge in [0.25, 0.3) is 11.5 Å². The number of rotatable bonds is 9. The number of nitrogens with zero attached hydrogens (tertiary/aromatic N) is 3. The van der Waals surface area contributed by atoms with Gasteiger partial charge in [0.2, 0.25) is 0 Å². The van der Waals surface area contributed by atoms with E-state index in [-0.39, 0.29) is 30.9 Å². The molecule has 0 saturated carbocycles. The summed E-state index contributed by atoms with van der Waals surface area (Å²) in [5.74, 6) is -0.433. The van der Waals surface area contributed by atoms with Gasteiger partial charge in [0.1, 0.15) is 11.3 Å². The summed E-state index contributed by atoms with van der Waals surface area (Å²) >= 11 is 0. The Morgan fingerprint density at radius 1 is 1.10 bits per heavy atom. The van der Waals surface area contributed by atoms with Gasteiger partial charge in [-0.05, 0) is 32.4 Å². The number of hydrogen-bond donors (Lipinski definition) is 1. The second-order valence-corrected chi connectivity index (χ2v) is 7.92. The van der Waals surface area contributed by atoms with Gasteiger partial charge in [-0.2, -0.15) is 5.10 Å². The lowest BCUT2D eigenvalue weighted by Gasteiger charge is -2.27. The Morgan fingerprint density at radius 2 is 1.81 bits per heavy atom. The zero-order valence-corrected chi connectivity index (χ0v) is 18.5. The van der Waals surface area contributed by atoms with Crippen LogP contribution < -0.4 is 10.9 Å². The van der Waals surface area contributed by atoms with Crippen molar-refractivity contribution < 1.29 is 19.1 Å². The zero-order chi connectivity index (χ0) is 22.9. The second kappa shape index (κ2) is 11.3.